The van der Waals surface area contributed by atoms with E-state index in [9.17, 15) is 13.2 Å². The van der Waals surface area contributed by atoms with E-state index in [-0.39, 0.29) is 5.56 Å². The standard InChI is InChI=1S/C25H19F3/c1-2-3-4-5-18-6-8-19(9-7-18)10-11-20-12-14-21(15-13-20)22-16-23(26)25(28)24(27)17-22/h2,6-9,12-17H,1,3-5H2. The van der Waals surface area contributed by atoms with Crippen LogP contribution >= 0.6 is 0 Å². The van der Waals surface area contributed by atoms with Crippen LogP contribution in [0, 0.1) is 29.3 Å². The Balaban J connectivity index is 1.71. The molecule has 0 aliphatic rings. The Hall–Kier alpha value is -3.25. The number of allylic oxidation sites excluding steroid dienone is 1. The maximum atomic E-state index is 13.4. The Bertz CT molecular complexity index is 997. The Morgan fingerprint density at radius 1 is 0.750 bits per heavy atom. The molecule has 0 amide bonds. The molecule has 0 aromatic heterocycles. The van der Waals surface area contributed by atoms with Crippen LogP contribution in [0.25, 0.3) is 11.1 Å². The van der Waals surface area contributed by atoms with E-state index in [2.05, 4.69) is 30.6 Å². The van der Waals surface area contributed by atoms with Gasteiger partial charge in [0.15, 0.2) is 17.5 Å². The molecule has 0 saturated carbocycles. The fourth-order valence-corrected chi connectivity index (χ4v) is 2.82. The van der Waals surface area contributed by atoms with Gasteiger partial charge in [0.2, 0.25) is 0 Å². The summed E-state index contributed by atoms with van der Waals surface area (Å²) in [7, 11) is 0. The third kappa shape index (κ3) is 4.92. The van der Waals surface area contributed by atoms with Crippen molar-refractivity contribution in [3.05, 3.63) is 107 Å². The van der Waals surface area contributed by atoms with Crippen LogP contribution in [0.15, 0.2) is 73.3 Å². The minimum absolute atomic E-state index is 0.281. The van der Waals surface area contributed by atoms with Gasteiger partial charge < -0.3 is 0 Å². The number of halogens is 3. The van der Waals surface area contributed by atoms with Gasteiger partial charge in [-0.15, -0.1) is 6.58 Å². The first-order chi connectivity index (χ1) is 13.6. The van der Waals surface area contributed by atoms with E-state index in [4.69, 9.17) is 0 Å². The third-order valence-corrected chi connectivity index (χ3v) is 4.38. The molecule has 0 unspecified atom stereocenters. The number of aryl methyl sites for hydroxylation is 1. The zero-order chi connectivity index (χ0) is 19.9. The summed E-state index contributed by atoms with van der Waals surface area (Å²) in [6, 6.07) is 17.1. The average Bonchev–Trinajstić information content (AvgIpc) is 2.71. The second kappa shape index (κ2) is 9.10. The van der Waals surface area contributed by atoms with Crippen LogP contribution in [0.3, 0.4) is 0 Å². The highest BCUT2D eigenvalue weighted by molar-refractivity contribution is 5.64. The monoisotopic (exact) mass is 376 g/mol. The first kappa shape index (κ1) is 19.5. The molecule has 0 saturated heterocycles. The van der Waals surface area contributed by atoms with Crippen LogP contribution in [0.2, 0.25) is 0 Å². The first-order valence-electron chi connectivity index (χ1n) is 9.03. The SMILES string of the molecule is C=CCCCc1ccc(C#Cc2ccc(-c3cc(F)c(F)c(F)c3)cc2)cc1. The van der Waals surface area contributed by atoms with Crippen molar-refractivity contribution < 1.29 is 13.2 Å². The van der Waals surface area contributed by atoms with E-state index >= 15 is 0 Å². The highest BCUT2D eigenvalue weighted by Gasteiger charge is 2.11. The minimum Gasteiger partial charge on any atom is -0.204 e. The molecule has 0 aliphatic carbocycles. The van der Waals surface area contributed by atoms with Crippen molar-refractivity contribution in [2.45, 2.75) is 19.3 Å². The summed E-state index contributed by atoms with van der Waals surface area (Å²) in [4.78, 5) is 0. The number of rotatable bonds is 5. The number of unbranched alkanes of at least 4 members (excludes halogenated alkanes) is 1. The zero-order valence-electron chi connectivity index (χ0n) is 15.3. The average molecular weight is 376 g/mol. The molecular formula is C25H19F3. The third-order valence-electron chi connectivity index (χ3n) is 4.38. The van der Waals surface area contributed by atoms with Crippen molar-refractivity contribution >= 4 is 0 Å². The van der Waals surface area contributed by atoms with E-state index in [0.717, 1.165) is 42.5 Å². The van der Waals surface area contributed by atoms with E-state index in [1.54, 1.807) is 24.3 Å². The molecule has 0 heterocycles. The predicted molar refractivity (Wildman–Crippen MR) is 107 cm³/mol. The quantitative estimate of drug-likeness (QED) is 0.202. The van der Waals surface area contributed by atoms with Gasteiger partial charge in [0.05, 0.1) is 0 Å². The summed E-state index contributed by atoms with van der Waals surface area (Å²) in [6.07, 6.45) is 5.04. The summed E-state index contributed by atoms with van der Waals surface area (Å²) >= 11 is 0. The minimum atomic E-state index is -1.46. The lowest BCUT2D eigenvalue weighted by Crippen LogP contribution is -1.91. The van der Waals surface area contributed by atoms with Crippen molar-refractivity contribution in [3.63, 3.8) is 0 Å². The second-order valence-corrected chi connectivity index (χ2v) is 6.46. The molecule has 0 N–H and O–H groups in total. The number of hydrogen-bond donors (Lipinski definition) is 0. The summed E-state index contributed by atoms with van der Waals surface area (Å²) in [5, 5.41) is 0. The van der Waals surface area contributed by atoms with Gasteiger partial charge in [0.1, 0.15) is 0 Å². The predicted octanol–water partition coefficient (Wildman–Crippen LogP) is 6.68. The fourth-order valence-electron chi connectivity index (χ4n) is 2.82. The van der Waals surface area contributed by atoms with Gasteiger partial charge in [0.25, 0.3) is 0 Å². The van der Waals surface area contributed by atoms with Gasteiger partial charge >= 0.3 is 0 Å². The van der Waals surface area contributed by atoms with Crippen molar-refractivity contribution in [3.8, 4) is 23.0 Å². The molecule has 3 rings (SSSR count). The van der Waals surface area contributed by atoms with Gasteiger partial charge in [-0.3, -0.25) is 0 Å². The van der Waals surface area contributed by atoms with Crippen molar-refractivity contribution in [1.82, 2.24) is 0 Å². The van der Waals surface area contributed by atoms with Crippen LogP contribution in [0.4, 0.5) is 13.2 Å². The Morgan fingerprint density at radius 2 is 1.29 bits per heavy atom. The smallest absolute Gasteiger partial charge is 0.194 e. The molecule has 0 bridgehead atoms. The Labute approximate surface area is 163 Å². The maximum Gasteiger partial charge on any atom is 0.194 e. The maximum absolute atomic E-state index is 13.4. The number of hydrogen-bond acceptors (Lipinski definition) is 0. The molecule has 0 atom stereocenters. The summed E-state index contributed by atoms with van der Waals surface area (Å²) in [6.45, 7) is 3.73. The van der Waals surface area contributed by atoms with Crippen molar-refractivity contribution in [2.24, 2.45) is 0 Å². The van der Waals surface area contributed by atoms with Crippen LogP contribution in [0.5, 0.6) is 0 Å². The van der Waals surface area contributed by atoms with Crippen LogP contribution in [-0.4, -0.2) is 0 Å². The highest BCUT2D eigenvalue weighted by Crippen LogP contribution is 2.24. The lowest BCUT2D eigenvalue weighted by Gasteiger charge is -2.04. The van der Waals surface area contributed by atoms with Crippen LogP contribution in [-0.2, 0) is 6.42 Å². The van der Waals surface area contributed by atoms with Gasteiger partial charge in [-0.25, -0.2) is 13.2 Å². The van der Waals surface area contributed by atoms with Gasteiger partial charge in [-0.2, -0.15) is 0 Å². The molecule has 28 heavy (non-hydrogen) atoms. The van der Waals surface area contributed by atoms with E-state index < -0.39 is 17.5 Å². The molecule has 0 nitrogen and oxygen atoms in total. The highest BCUT2D eigenvalue weighted by atomic mass is 19.2. The molecule has 0 fully saturated rings. The summed E-state index contributed by atoms with van der Waals surface area (Å²) in [5.74, 6) is 2.31. The summed E-state index contributed by atoms with van der Waals surface area (Å²) < 4.78 is 39.9. The lowest BCUT2D eigenvalue weighted by molar-refractivity contribution is 0.448. The van der Waals surface area contributed by atoms with Crippen molar-refractivity contribution in [2.75, 3.05) is 0 Å². The molecule has 3 aromatic rings. The topological polar surface area (TPSA) is 0 Å². The van der Waals surface area contributed by atoms with E-state index in [1.807, 2.05) is 18.2 Å². The second-order valence-electron chi connectivity index (χ2n) is 6.46. The first-order valence-corrected chi connectivity index (χ1v) is 9.03. The zero-order valence-corrected chi connectivity index (χ0v) is 15.3. The van der Waals surface area contributed by atoms with E-state index in [1.165, 1.54) is 5.56 Å². The normalized spacial score (nSPS) is 10.2. The number of benzene rings is 3. The lowest BCUT2D eigenvalue weighted by atomic mass is 10.0. The Kier molecular flexibility index (Phi) is 6.34. The van der Waals surface area contributed by atoms with Crippen LogP contribution in [0.1, 0.15) is 29.5 Å². The van der Waals surface area contributed by atoms with Gasteiger partial charge in [-0.05, 0) is 72.4 Å². The van der Waals surface area contributed by atoms with Crippen LogP contribution < -0.4 is 0 Å². The molecule has 3 heteroatoms. The molecule has 0 aliphatic heterocycles. The largest absolute Gasteiger partial charge is 0.204 e. The molecule has 3 aromatic carbocycles. The molecule has 140 valence electrons. The Morgan fingerprint density at radius 3 is 1.82 bits per heavy atom. The molecular weight excluding hydrogens is 357 g/mol. The van der Waals surface area contributed by atoms with Gasteiger partial charge in [0, 0.05) is 11.1 Å². The van der Waals surface area contributed by atoms with Crippen molar-refractivity contribution in [1.29, 1.82) is 0 Å². The fraction of sp³-hybridized carbons (Fsp3) is 0.120. The van der Waals surface area contributed by atoms with Gasteiger partial charge in [-0.1, -0.05) is 42.2 Å². The summed E-state index contributed by atoms with van der Waals surface area (Å²) in [5.41, 5.74) is 3.84. The molecule has 0 spiro atoms. The molecule has 0 radical (unpaired) electrons. The van der Waals surface area contributed by atoms with E-state index in [0.29, 0.717) is 5.56 Å².